The van der Waals surface area contributed by atoms with Gasteiger partial charge in [0.05, 0.1) is 6.21 Å². The third-order valence-corrected chi connectivity index (χ3v) is 4.88. The second kappa shape index (κ2) is 7.72. The molecule has 0 spiro atoms. The van der Waals surface area contributed by atoms with Gasteiger partial charge < -0.3 is 5.11 Å². The normalized spacial score (nSPS) is 11.3. The number of aromatic hydroxyl groups is 1. The summed E-state index contributed by atoms with van der Waals surface area (Å²) in [7, 11) is 0. The van der Waals surface area contributed by atoms with E-state index in [9.17, 15) is 5.11 Å². The Kier molecular flexibility index (Phi) is 5.40. The molecule has 0 aliphatic carbocycles. The maximum absolute atomic E-state index is 9.84. The van der Waals surface area contributed by atoms with Gasteiger partial charge in [-0.2, -0.15) is 9.78 Å². The van der Waals surface area contributed by atoms with Gasteiger partial charge in [-0.15, -0.1) is 10.2 Å². The van der Waals surface area contributed by atoms with Gasteiger partial charge in [0.1, 0.15) is 12.1 Å². The van der Waals surface area contributed by atoms with Gasteiger partial charge in [-0.1, -0.05) is 35.5 Å². The molecule has 0 atom stereocenters. The Bertz CT molecular complexity index is 883. The van der Waals surface area contributed by atoms with Crippen LogP contribution in [0, 0.1) is 13.8 Å². The molecule has 0 radical (unpaired) electrons. The summed E-state index contributed by atoms with van der Waals surface area (Å²) in [4.78, 5) is 0. The van der Waals surface area contributed by atoms with Gasteiger partial charge in [-0.3, -0.25) is 0 Å². The number of nitrogens with zero attached hydrogens (tertiary/aromatic N) is 4. The highest BCUT2D eigenvalue weighted by Crippen LogP contribution is 2.23. The van der Waals surface area contributed by atoms with Crippen molar-refractivity contribution < 1.29 is 5.11 Å². The van der Waals surface area contributed by atoms with E-state index in [0.717, 1.165) is 33.0 Å². The van der Waals surface area contributed by atoms with Crippen LogP contribution in [0.3, 0.4) is 0 Å². The fraction of sp³-hybridized carbons (Fsp3) is 0.167. The SMILES string of the molecule is Cc1cc(/C=N/n2cnnc2SCc2ccc(Cl)cc2)cc(C)c1O. The number of halogens is 1. The Morgan fingerprint density at radius 2 is 1.88 bits per heavy atom. The van der Waals surface area contributed by atoms with E-state index in [1.807, 2.05) is 50.2 Å². The van der Waals surface area contributed by atoms with Crippen molar-refractivity contribution in [3.63, 3.8) is 0 Å². The number of phenols is 1. The van der Waals surface area contributed by atoms with E-state index in [2.05, 4.69) is 15.3 Å². The molecule has 0 aliphatic rings. The average molecular weight is 373 g/mol. The van der Waals surface area contributed by atoms with Crippen LogP contribution in [0.4, 0.5) is 0 Å². The summed E-state index contributed by atoms with van der Waals surface area (Å²) in [5.74, 6) is 1.07. The average Bonchev–Trinajstić information content (AvgIpc) is 3.04. The Balaban J connectivity index is 1.72. The standard InChI is InChI=1S/C18H17ClN4OS/c1-12-7-15(8-13(2)17(12)24)9-21-23-11-20-22-18(23)25-10-14-3-5-16(19)6-4-14/h3-9,11,24H,10H2,1-2H3/b21-9+. The van der Waals surface area contributed by atoms with Crippen molar-refractivity contribution in [3.05, 3.63) is 70.0 Å². The minimum atomic E-state index is 0.320. The summed E-state index contributed by atoms with van der Waals surface area (Å²) in [5.41, 5.74) is 3.71. The molecule has 0 unspecified atom stereocenters. The van der Waals surface area contributed by atoms with Gasteiger partial charge in [-0.05, 0) is 60.4 Å². The second-order valence-electron chi connectivity index (χ2n) is 5.62. The van der Waals surface area contributed by atoms with E-state index in [-0.39, 0.29) is 0 Å². The molecular formula is C18H17ClN4OS. The zero-order valence-electron chi connectivity index (χ0n) is 13.8. The number of aryl methyl sites for hydroxylation is 2. The number of rotatable bonds is 5. The first kappa shape index (κ1) is 17.5. The maximum Gasteiger partial charge on any atom is 0.212 e. The van der Waals surface area contributed by atoms with Crippen molar-refractivity contribution in [1.82, 2.24) is 14.9 Å². The van der Waals surface area contributed by atoms with Gasteiger partial charge in [0, 0.05) is 10.8 Å². The molecule has 7 heteroatoms. The molecular weight excluding hydrogens is 356 g/mol. The van der Waals surface area contributed by atoms with Gasteiger partial charge in [0.25, 0.3) is 0 Å². The van der Waals surface area contributed by atoms with Crippen molar-refractivity contribution in [3.8, 4) is 5.75 Å². The molecule has 0 saturated heterocycles. The Morgan fingerprint density at radius 1 is 1.20 bits per heavy atom. The fourth-order valence-electron chi connectivity index (χ4n) is 2.31. The lowest BCUT2D eigenvalue weighted by Crippen LogP contribution is -1.94. The highest BCUT2D eigenvalue weighted by Gasteiger charge is 2.06. The van der Waals surface area contributed by atoms with Crippen molar-refractivity contribution in [2.45, 2.75) is 24.8 Å². The Hall–Kier alpha value is -2.31. The molecule has 1 heterocycles. The minimum absolute atomic E-state index is 0.320. The number of hydrogen-bond donors (Lipinski definition) is 1. The highest BCUT2D eigenvalue weighted by atomic mass is 35.5. The first-order valence-corrected chi connectivity index (χ1v) is 9.01. The molecule has 128 valence electrons. The Morgan fingerprint density at radius 3 is 2.56 bits per heavy atom. The molecule has 3 aromatic rings. The van der Waals surface area contributed by atoms with Gasteiger partial charge in [-0.25, -0.2) is 0 Å². The number of phenolic OH excluding ortho intramolecular Hbond substituents is 1. The first-order chi connectivity index (χ1) is 12.0. The molecule has 0 fully saturated rings. The summed E-state index contributed by atoms with van der Waals surface area (Å²) in [5, 5.41) is 23.7. The van der Waals surface area contributed by atoms with E-state index in [1.165, 1.54) is 0 Å². The maximum atomic E-state index is 9.84. The molecule has 1 aromatic heterocycles. The molecule has 0 saturated carbocycles. The minimum Gasteiger partial charge on any atom is -0.507 e. The lowest BCUT2D eigenvalue weighted by Gasteiger charge is -2.05. The summed E-state index contributed by atoms with van der Waals surface area (Å²) >= 11 is 7.45. The topological polar surface area (TPSA) is 63.3 Å². The van der Waals surface area contributed by atoms with Crippen molar-refractivity contribution in [2.75, 3.05) is 0 Å². The van der Waals surface area contributed by atoms with Crippen molar-refractivity contribution in [2.24, 2.45) is 5.10 Å². The van der Waals surface area contributed by atoms with Crippen molar-refractivity contribution in [1.29, 1.82) is 0 Å². The number of benzene rings is 2. The van der Waals surface area contributed by atoms with Crippen LogP contribution in [0.25, 0.3) is 0 Å². The molecule has 1 N–H and O–H groups in total. The van der Waals surface area contributed by atoms with E-state index in [0.29, 0.717) is 10.9 Å². The van der Waals surface area contributed by atoms with Gasteiger partial charge in [0.2, 0.25) is 5.16 Å². The fourth-order valence-corrected chi connectivity index (χ4v) is 3.26. The van der Waals surface area contributed by atoms with E-state index >= 15 is 0 Å². The number of hydrogen-bond acceptors (Lipinski definition) is 5. The highest BCUT2D eigenvalue weighted by molar-refractivity contribution is 7.98. The quantitative estimate of drug-likeness (QED) is 0.531. The smallest absolute Gasteiger partial charge is 0.212 e. The van der Waals surface area contributed by atoms with Crippen LogP contribution in [0.15, 0.2) is 53.0 Å². The molecule has 5 nitrogen and oxygen atoms in total. The number of thioether (sulfide) groups is 1. The lowest BCUT2D eigenvalue weighted by atomic mass is 10.1. The molecule has 0 amide bonds. The molecule has 25 heavy (non-hydrogen) atoms. The number of aromatic nitrogens is 3. The first-order valence-electron chi connectivity index (χ1n) is 7.65. The lowest BCUT2D eigenvalue weighted by molar-refractivity contribution is 0.467. The van der Waals surface area contributed by atoms with E-state index < -0.39 is 0 Å². The zero-order chi connectivity index (χ0) is 17.8. The summed E-state index contributed by atoms with van der Waals surface area (Å²) in [6, 6.07) is 11.5. The van der Waals surface area contributed by atoms with Crippen LogP contribution in [0.2, 0.25) is 5.02 Å². The monoisotopic (exact) mass is 372 g/mol. The summed E-state index contributed by atoms with van der Waals surface area (Å²) in [6.45, 7) is 3.73. The summed E-state index contributed by atoms with van der Waals surface area (Å²) in [6.07, 6.45) is 3.30. The Labute approximate surface area is 155 Å². The van der Waals surface area contributed by atoms with Crippen LogP contribution < -0.4 is 0 Å². The molecule has 0 bridgehead atoms. The van der Waals surface area contributed by atoms with Crippen LogP contribution in [-0.2, 0) is 5.75 Å². The molecule has 0 aliphatic heterocycles. The van der Waals surface area contributed by atoms with Crippen LogP contribution >= 0.6 is 23.4 Å². The van der Waals surface area contributed by atoms with E-state index in [4.69, 9.17) is 11.6 Å². The largest absolute Gasteiger partial charge is 0.507 e. The second-order valence-corrected chi connectivity index (χ2v) is 7.00. The van der Waals surface area contributed by atoms with Gasteiger partial charge >= 0.3 is 0 Å². The molecule has 3 rings (SSSR count). The zero-order valence-corrected chi connectivity index (χ0v) is 15.4. The predicted octanol–water partition coefficient (Wildman–Crippen LogP) is 4.43. The third-order valence-electron chi connectivity index (χ3n) is 3.63. The van der Waals surface area contributed by atoms with Crippen molar-refractivity contribution >= 4 is 29.6 Å². The van der Waals surface area contributed by atoms with Crippen LogP contribution in [-0.4, -0.2) is 26.2 Å². The van der Waals surface area contributed by atoms with Crippen LogP contribution in [0.1, 0.15) is 22.3 Å². The van der Waals surface area contributed by atoms with Crippen LogP contribution in [0.5, 0.6) is 5.75 Å². The molecule has 2 aromatic carbocycles. The predicted molar refractivity (Wildman–Crippen MR) is 102 cm³/mol. The van der Waals surface area contributed by atoms with Gasteiger partial charge in [0.15, 0.2) is 0 Å². The van der Waals surface area contributed by atoms with E-state index in [1.54, 1.807) is 29.0 Å². The summed E-state index contributed by atoms with van der Waals surface area (Å²) < 4.78 is 1.64. The third kappa shape index (κ3) is 4.41.